The number of carbonyl (C=O) groups excluding carboxylic acids is 1. The number of carbonyl (C=O) groups is 1. The van der Waals surface area contributed by atoms with Crippen LogP contribution in [0.2, 0.25) is 0 Å². The molecule has 92 valence electrons. The van der Waals surface area contributed by atoms with E-state index in [-0.39, 0.29) is 11.9 Å². The lowest BCUT2D eigenvalue weighted by atomic mass is 10.2. The van der Waals surface area contributed by atoms with E-state index in [1.54, 1.807) is 13.3 Å². The first kappa shape index (κ1) is 11.7. The molecule has 0 radical (unpaired) electrons. The number of amides is 1. The topological polar surface area (TPSA) is 80.5 Å². The quantitative estimate of drug-likeness (QED) is 0.729. The zero-order valence-corrected chi connectivity index (χ0v) is 9.72. The number of nitrogens with one attached hydrogen (secondary N) is 1. The third kappa shape index (κ3) is 2.47. The number of pyridine rings is 1. The van der Waals surface area contributed by atoms with Gasteiger partial charge in [0, 0.05) is 19.6 Å². The Morgan fingerprint density at radius 3 is 3.06 bits per heavy atom. The SMILES string of the molecule is COc1ccc(N2CCNCC2C(N)=O)nc1. The molecule has 1 aromatic heterocycles. The highest BCUT2D eigenvalue weighted by atomic mass is 16.5. The summed E-state index contributed by atoms with van der Waals surface area (Å²) in [5, 5.41) is 3.14. The number of hydrogen-bond donors (Lipinski definition) is 2. The van der Waals surface area contributed by atoms with E-state index in [0.29, 0.717) is 18.8 Å². The van der Waals surface area contributed by atoms with Gasteiger partial charge in [-0.25, -0.2) is 4.98 Å². The second kappa shape index (κ2) is 5.01. The Morgan fingerprint density at radius 2 is 2.47 bits per heavy atom. The van der Waals surface area contributed by atoms with Crippen LogP contribution in [-0.2, 0) is 4.79 Å². The van der Waals surface area contributed by atoms with Gasteiger partial charge in [0.1, 0.15) is 17.6 Å². The van der Waals surface area contributed by atoms with E-state index < -0.39 is 0 Å². The van der Waals surface area contributed by atoms with Crippen molar-refractivity contribution in [2.24, 2.45) is 5.73 Å². The summed E-state index contributed by atoms with van der Waals surface area (Å²) in [4.78, 5) is 17.5. The summed E-state index contributed by atoms with van der Waals surface area (Å²) in [5.41, 5.74) is 5.38. The van der Waals surface area contributed by atoms with Gasteiger partial charge in [-0.2, -0.15) is 0 Å². The van der Waals surface area contributed by atoms with Crippen LogP contribution in [0.1, 0.15) is 0 Å². The molecule has 0 spiro atoms. The standard InChI is InChI=1S/C11H16N4O2/c1-17-8-2-3-10(14-6-8)15-5-4-13-7-9(15)11(12)16/h2-3,6,9,13H,4-5,7H2,1H3,(H2,12,16). The maximum atomic E-state index is 11.3. The number of hydrogen-bond acceptors (Lipinski definition) is 5. The maximum absolute atomic E-state index is 11.3. The lowest BCUT2D eigenvalue weighted by Crippen LogP contribution is -2.57. The molecule has 2 heterocycles. The van der Waals surface area contributed by atoms with Crippen molar-refractivity contribution in [3.63, 3.8) is 0 Å². The molecule has 0 aromatic carbocycles. The first-order valence-corrected chi connectivity index (χ1v) is 5.49. The van der Waals surface area contributed by atoms with Crippen molar-refractivity contribution in [1.29, 1.82) is 0 Å². The van der Waals surface area contributed by atoms with E-state index >= 15 is 0 Å². The van der Waals surface area contributed by atoms with Gasteiger partial charge in [0.25, 0.3) is 0 Å². The van der Waals surface area contributed by atoms with E-state index in [1.165, 1.54) is 0 Å². The molecule has 1 atom stereocenters. The van der Waals surface area contributed by atoms with Crippen LogP contribution in [0.4, 0.5) is 5.82 Å². The molecule has 0 aliphatic carbocycles. The van der Waals surface area contributed by atoms with Crippen LogP contribution in [0, 0.1) is 0 Å². The molecule has 0 saturated carbocycles. The first-order chi connectivity index (χ1) is 8.22. The fourth-order valence-corrected chi connectivity index (χ4v) is 1.90. The van der Waals surface area contributed by atoms with Crippen LogP contribution >= 0.6 is 0 Å². The van der Waals surface area contributed by atoms with Gasteiger partial charge in [0.15, 0.2) is 0 Å². The van der Waals surface area contributed by atoms with Crippen LogP contribution in [-0.4, -0.2) is 43.7 Å². The summed E-state index contributed by atoms with van der Waals surface area (Å²) in [5.74, 6) is 1.10. The zero-order valence-electron chi connectivity index (χ0n) is 9.72. The molecule has 1 aliphatic rings. The molecule has 6 nitrogen and oxygen atoms in total. The molecule has 1 saturated heterocycles. The molecule has 2 rings (SSSR count). The third-order valence-corrected chi connectivity index (χ3v) is 2.82. The summed E-state index contributed by atoms with van der Waals surface area (Å²) in [6.45, 7) is 2.09. The van der Waals surface area contributed by atoms with E-state index in [1.807, 2.05) is 17.0 Å². The van der Waals surface area contributed by atoms with Crippen molar-refractivity contribution in [1.82, 2.24) is 10.3 Å². The Labute approximate surface area is 99.8 Å². The van der Waals surface area contributed by atoms with Gasteiger partial charge in [0.2, 0.25) is 5.91 Å². The molecular formula is C11H16N4O2. The van der Waals surface area contributed by atoms with Crippen molar-refractivity contribution in [3.8, 4) is 5.75 Å². The van der Waals surface area contributed by atoms with Gasteiger partial charge in [-0.3, -0.25) is 4.79 Å². The maximum Gasteiger partial charge on any atom is 0.241 e. The number of ether oxygens (including phenoxy) is 1. The van der Waals surface area contributed by atoms with Gasteiger partial charge in [-0.1, -0.05) is 0 Å². The molecule has 17 heavy (non-hydrogen) atoms. The summed E-state index contributed by atoms with van der Waals surface area (Å²) in [6, 6.07) is 3.31. The molecule has 1 unspecified atom stereocenters. The van der Waals surface area contributed by atoms with Gasteiger partial charge in [-0.15, -0.1) is 0 Å². The third-order valence-electron chi connectivity index (χ3n) is 2.82. The van der Waals surface area contributed by atoms with Gasteiger partial charge in [0.05, 0.1) is 13.3 Å². The normalized spacial score (nSPS) is 20.1. The van der Waals surface area contributed by atoms with E-state index in [2.05, 4.69) is 10.3 Å². The number of nitrogens with two attached hydrogens (primary N) is 1. The van der Waals surface area contributed by atoms with Crippen LogP contribution < -0.4 is 20.7 Å². The average molecular weight is 236 g/mol. The van der Waals surface area contributed by atoms with Crippen LogP contribution in [0.5, 0.6) is 5.75 Å². The number of methoxy groups -OCH3 is 1. The highest BCUT2D eigenvalue weighted by Crippen LogP contribution is 2.18. The Morgan fingerprint density at radius 1 is 1.65 bits per heavy atom. The Hall–Kier alpha value is -1.82. The molecule has 1 aromatic rings. The van der Waals surface area contributed by atoms with Gasteiger partial charge < -0.3 is 20.7 Å². The van der Waals surface area contributed by atoms with Gasteiger partial charge >= 0.3 is 0 Å². The predicted molar refractivity (Wildman–Crippen MR) is 64.0 cm³/mol. The van der Waals surface area contributed by atoms with Crippen LogP contribution in [0.15, 0.2) is 18.3 Å². The highest BCUT2D eigenvalue weighted by Gasteiger charge is 2.27. The molecular weight excluding hydrogens is 220 g/mol. The highest BCUT2D eigenvalue weighted by molar-refractivity contribution is 5.83. The minimum atomic E-state index is -0.343. The molecule has 0 bridgehead atoms. The van der Waals surface area contributed by atoms with Crippen molar-refractivity contribution >= 4 is 11.7 Å². The molecule has 1 amide bonds. The van der Waals surface area contributed by atoms with E-state index in [4.69, 9.17) is 10.5 Å². The Balaban J connectivity index is 2.20. The number of rotatable bonds is 3. The van der Waals surface area contributed by atoms with E-state index in [9.17, 15) is 4.79 Å². The molecule has 6 heteroatoms. The number of piperazine rings is 1. The Kier molecular flexibility index (Phi) is 3.43. The average Bonchev–Trinajstić information content (AvgIpc) is 2.39. The summed E-state index contributed by atoms with van der Waals surface area (Å²) in [7, 11) is 1.59. The molecule has 3 N–H and O–H groups in total. The summed E-state index contributed by atoms with van der Waals surface area (Å²) < 4.78 is 5.05. The smallest absolute Gasteiger partial charge is 0.241 e. The lowest BCUT2D eigenvalue weighted by molar-refractivity contribution is -0.119. The fourth-order valence-electron chi connectivity index (χ4n) is 1.90. The predicted octanol–water partition coefficient (Wildman–Crippen LogP) is -0.646. The summed E-state index contributed by atoms with van der Waals surface area (Å²) in [6.07, 6.45) is 1.63. The largest absolute Gasteiger partial charge is 0.495 e. The number of primary amides is 1. The first-order valence-electron chi connectivity index (χ1n) is 5.49. The van der Waals surface area contributed by atoms with Crippen LogP contribution in [0.25, 0.3) is 0 Å². The minimum absolute atomic E-state index is 0.338. The molecule has 1 fully saturated rings. The van der Waals surface area contributed by atoms with Crippen molar-refractivity contribution in [2.75, 3.05) is 31.6 Å². The second-order valence-corrected chi connectivity index (χ2v) is 3.87. The number of anilines is 1. The Bertz CT molecular complexity index is 393. The van der Waals surface area contributed by atoms with Gasteiger partial charge in [-0.05, 0) is 12.1 Å². The van der Waals surface area contributed by atoms with Crippen molar-refractivity contribution < 1.29 is 9.53 Å². The monoisotopic (exact) mass is 236 g/mol. The van der Waals surface area contributed by atoms with E-state index in [0.717, 1.165) is 12.4 Å². The summed E-state index contributed by atoms with van der Waals surface area (Å²) >= 11 is 0. The fraction of sp³-hybridized carbons (Fsp3) is 0.455. The molecule has 1 aliphatic heterocycles. The number of nitrogens with zero attached hydrogens (tertiary/aromatic N) is 2. The van der Waals surface area contributed by atoms with Crippen molar-refractivity contribution in [3.05, 3.63) is 18.3 Å². The lowest BCUT2D eigenvalue weighted by Gasteiger charge is -2.35. The second-order valence-electron chi connectivity index (χ2n) is 3.87. The zero-order chi connectivity index (χ0) is 12.3. The van der Waals surface area contributed by atoms with Crippen molar-refractivity contribution in [2.45, 2.75) is 6.04 Å². The minimum Gasteiger partial charge on any atom is -0.495 e. The number of aromatic nitrogens is 1. The van der Waals surface area contributed by atoms with Crippen LogP contribution in [0.3, 0.4) is 0 Å².